The van der Waals surface area contributed by atoms with Gasteiger partial charge in [0.15, 0.2) is 0 Å². The molecule has 0 bridgehead atoms. The molecular formula is S3Ta2-6. The van der Waals surface area contributed by atoms with Crippen LogP contribution in [0, 0.1) is 0 Å². The van der Waals surface area contributed by atoms with Gasteiger partial charge in [0.25, 0.3) is 0 Å². The van der Waals surface area contributed by atoms with Gasteiger partial charge in [-0.1, -0.05) is 0 Å². The van der Waals surface area contributed by atoms with E-state index in [9.17, 15) is 0 Å². The molecule has 0 nitrogen and oxygen atoms in total. The van der Waals surface area contributed by atoms with Crippen LogP contribution < -0.4 is 0 Å². The Kier molecular flexibility index (Phi) is 313. The Morgan fingerprint density at radius 2 is 0.400 bits per heavy atom. The molecule has 0 aliphatic heterocycles. The van der Waals surface area contributed by atoms with E-state index in [1.165, 1.54) is 0 Å². The first kappa shape index (κ1) is 50.2. The van der Waals surface area contributed by atoms with Crippen LogP contribution in [0.25, 0.3) is 0 Å². The van der Waals surface area contributed by atoms with Gasteiger partial charge in [-0.15, -0.1) is 0 Å². The molecule has 5 heteroatoms. The summed E-state index contributed by atoms with van der Waals surface area (Å²) in [6.45, 7) is 0. The SMILES string of the molecule is [S-2].[S-2].[S-2].[Ta].[Ta]. The normalized spacial score (nSPS) is 0. The van der Waals surface area contributed by atoms with Gasteiger partial charge >= 0.3 is 0 Å². The average Bonchev–Trinajstić information content (AvgIpc) is 0. The molecule has 2 radical (unpaired) electrons. The van der Waals surface area contributed by atoms with Crippen LogP contribution in [0.15, 0.2) is 0 Å². The Bertz CT molecular complexity index is 4.85. The topological polar surface area (TPSA) is 0 Å². The minimum atomic E-state index is 0. The molecule has 0 aliphatic carbocycles. The van der Waals surface area contributed by atoms with Crippen LogP contribution in [-0.2, 0) is 85.2 Å². The zero-order valence-corrected chi connectivity index (χ0v) is 11.0. The van der Waals surface area contributed by atoms with E-state index in [0.29, 0.717) is 0 Å². The fourth-order valence-electron chi connectivity index (χ4n) is 0. The Labute approximate surface area is 84.2 Å². The molecule has 5 heavy (non-hydrogen) atoms. The molecule has 0 aromatic heterocycles. The maximum atomic E-state index is 0. The first-order chi connectivity index (χ1) is 0. The molecule has 0 spiro atoms. The smallest absolute Gasteiger partial charge is 0 e. The summed E-state index contributed by atoms with van der Waals surface area (Å²) in [4.78, 5) is 0. The summed E-state index contributed by atoms with van der Waals surface area (Å²) in [5.74, 6) is 0. The van der Waals surface area contributed by atoms with Gasteiger partial charge in [0, 0.05) is 44.8 Å². The van der Waals surface area contributed by atoms with E-state index in [4.69, 9.17) is 0 Å². The van der Waals surface area contributed by atoms with E-state index >= 15 is 0 Å². The predicted octanol–water partition coefficient (Wildman–Crippen LogP) is -0.0122. The zero-order chi connectivity index (χ0) is 0. The number of rotatable bonds is 0. The fourth-order valence-corrected chi connectivity index (χ4v) is 0. The summed E-state index contributed by atoms with van der Waals surface area (Å²) in [6.07, 6.45) is 0. The molecule has 0 heterocycles. The molecule has 34 valence electrons. The van der Waals surface area contributed by atoms with Gasteiger partial charge < -0.3 is 40.5 Å². The maximum absolute atomic E-state index is 0. The van der Waals surface area contributed by atoms with Crippen molar-refractivity contribution in [3.8, 4) is 0 Å². The Morgan fingerprint density at radius 1 is 0.400 bits per heavy atom. The first-order valence-corrected chi connectivity index (χ1v) is 0. The molecule has 0 amide bonds. The molecular weight excluding hydrogens is 458 g/mol. The molecule has 0 aromatic carbocycles. The van der Waals surface area contributed by atoms with Crippen molar-refractivity contribution in [2.24, 2.45) is 0 Å². The standard InChI is InChI=1S/3S.2Ta/q3*-2;;. The second-order valence-corrected chi connectivity index (χ2v) is 0. The Hall–Kier alpha value is 2.53. The van der Waals surface area contributed by atoms with Gasteiger partial charge in [0.05, 0.1) is 0 Å². The quantitative estimate of drug-likeness (QED) is 0.480. The van der Waals surface area contributed by atoms with Gasteiger partial charge in [0.2, 0.25) is 0 Å². The van der Waals surface area contributed by atoms with E-state index in [1.807, 2.05) is 0 Å². The third-order valence-electron chi connectivity index (χ3n) is 0. The van der Waals surface area contributed by atoms with Crippen LogP contribution >= 0.6 is 0 Å². The molecule has 0 rings (SSSR count). The second kappa shape index (κ2) is 31.2. The monoisotopic (exact) mass is 458 g/mol. The number of hydrogen-bond donors (Lipinski definition) is 0. The molecule has 0 aliphatic rings. The molecule has 0 fully saturated rings. The van der Waals surface area contributed by atoms with Gasteiger partial charge in [-0.25, -0.2) is 0 Å². The Morgan fingerprint density at radius 3 is 0.400 bits per heavy atom. The van der Waals surface area contributed by atoms with Crippen molar-refractivity contribution in [2.75, 3.05) is 0 Å². The van der Waals surface area contributed by atoms with Crippen LogP contribution in [0.4, 0.5) is 0 Å². The van der Waals surface area contributed by atoms with Gasteiger partial charge in [-0.05, 0) is 0 Å². The minimum absolute atomic E-state index is 0. The fraction of sp³-hybridized carbons (Fsp3) is 0. The first-order valence-electron chi connectivity index (χ1n) is 0. The predicted molar refractivity (Wildman–Crippen MR) is 22.1 cm³/mol. The van der Waals surface area contributed by atoms with Crippen molar-refractivity contribution in [1.82, 2.24) is 0 Å². The van der Waals surface area contributed by atoms with Crippen molar-refractivity contribution < 1.29 is 44.8 Å². The van der Waals surface area contributed by atoms with Gasteiger partial charge in [0.1, 0.15) is 0 Å². The van der Waals surface area contributed by atoms with Crippen molar-refractivity contribution >= 4 is 40.5 Å². The van der Waals surface area contributed by atoms with E-state index in [2.05, 4.69) is 0 Å². The average molecular weight is 458 g/mol. The minimum Gasteiger partial charge on any atom is -2.00 e. The van der Waals surface area contributed by atoms with Crippen molar-refractivity contribution in [1.29, 1.82) is 0 Å². The zero-order valence-electron chi connectivity index (χ0n) is 2.12. The molecule has 0 atom stereocenters. The van der Waals surface area contributed by atoms with Crippen LogP contribution in [0.3, 0.4) is 0 Å². The molecule has 0 unspecified atom stereocenters. The summed E-state index contributed by atoms with van der Waals surface area (Å²) in [6, 6.07) is 0. The van der Waals surface area contributed by atoms with E-state index in [0.717, 1.165) is 0 Å². The van der Waals surface area contributed by atoms with Crippen LogP contribution in [0.5, 0.6) is 0 Å². The maximum Gasteiger partial charge on any atom is 0 e. The van der Waals surface area contributed by atoms with Crippen molar-refractivity contribution in [3.63, 3.8) is 0 Å². The number of hydrogen-bond acceptors (Lipinski definition) is 0. The van der Waals surface area contributed by atoms with Crippen LogP contribution in [0.2, 0.25) is 0 Å². The summed E-state index contributed by atoms with van der Waals surface area (Å²) in [7, 11) is 0. The summed E-state index contributed by atoms with van der Waals surface area (Å²) in [5.41, 5.74) is 0. The summed E-state index contributed by atoms with van der Waals surface area (Å²) >= 11 is 0. The van der Waals surface area contributed by atoms with E-state index in [1.54, 1.807) is 0 Å². The third kappa shape index (κ3) is 20.9. The van der Waals surface area contributed by atoms with Crippen molar-refractivity contribution in [3.05, 3.63) is 0 Å². The molecule has 0 saturated heterocycles. The summed E-state index contributed by atoms with van der Waals surface area (Å²) < 4.78 is 0. The molecule has 0 N–H and O–H groups in total. The molecule has 0 aromatic rings. The van der Waals surface area contributed by atoms with E-state index < -0.39 is 0 Å². The van der Waals surface area contributed by atoms with E-state index in [-0.39, 0.29) is 85.2 Å². The largest absolute Gasteiger partial charge is 2.00 e. The molecule has 0 saturated carbocycles. The third-order valence-corrected chi connectivity index (χ3v) is 0. The second-order valence-electron chi connectivity index (χ2n) is 0. The van der Waals surface area contributed by atoms with Crippen LogP contribution in [-0.4, -0.2) is 0 Å². The van der Waals surface area contributed by atoms with Crippen LogP contribution in [0.1, 0.15) is 0 Å². The Balaban J connectivity index is 0. The van der Waals surface area contributed by atoms with Crippen molar-refractivity contribution in [2.45, 2.75) is 0 Å². The van der Waals surface area contributed by atoms with Gasteiger partial charge in [-0.3, -0.25) is 0 Å². The van der Waals surface area contributed by atoms with Gasteiger partial charge in [-0.2, -0.15) is 0 Å². The summed E-state index contributed by atoms with van der Waals surface area (Å²) in [5, 5.41) is 0.